The van der Waals surface area contributed by atoms with E-state index in [9.17, 15) is 23.9 Å². The minimum atomic E-state index is -1.97. The molecule has 0 N–H and O–H groups in total. The molecule has 0 aromatic heterocycles. The number of nitro benzene ring substituents is 1. The number of amides is 1. The zero-order chi connectivity index (χ0) is 24.1. The molecular formula is C22H24ClN3O6S. The number of piperazine rings is 1. The number of hydrogen-bond acceptors (Lipinski definition) is 7. The number of nitro groups is 1. The summed E-state index contributed by atoms with van der Waals surface area (Å²) in [7, 11) is -1.97. The number of rotatable bonds is 7. The third-order valence-corrected chi connectivity index (χ3v) is 6.83. The third-order valence-electron chi connectivity index (χ3n) is 5.26. The summed E-state index contributed by atoms with van der Waals surface area (Å²) in [6.07, 6.45) is 0. The number of carbonyl (C=O) groups excluding carboxylic acids is 2. The Morgan fingerprint density at radius 3 is 2.64 bits per heavy atom. The number of hydrogen-bond donors (Lipinski definition) is 0. The van der Waals surface area contributed by atoms with Crippen LogP contribution < -0.4 is 4.90 Å². The van der Waals surface area contributed by atoms with E-state index >= 15 is 0 Å². The maximum Gasteiger partial charge on any atom is 0.318 e. The van der Waals surface area contributed by atoms with Gasteiger partial charge >= 0.3 is 5.97 Å². The van der Waals surface area contributed by atoms with Crippen molar-refractivity contribution in [1.29, 1.82) is 0 Å². The summed E-state index contributed by atoms with van der Waals surface area (Å²) in [4.78, 5) is 39.2. The van der Waals surface area contributed by atoms with Crippen LogP contribution in [0.1, 0.15) is 24.2 Å². The Balaban J connectivity index is 1.76. The molecular weight excluding hydrogens is 470 g/mol. The molecule has 176 valence electrons. The number of ether oxygens (including phenoxy) is 1. The zero-order valence-corrected chi connectivity index (χ0v) is 19.8. The average molecular weight is 494 g/mol. The molecule has 11 heteroatoms. The Kier molecular flexibility index (Phi) is 8.04. The average Bonchev–Trinajstić information content (AvgIpc) is 2.78. The molecule has 2 atom stereocenters. The second-order valence-corrected chi connectivity index (χ2v) is 9.36. The lowest BCUT2D eigenvalue weighted by Crippen LogP contribution is -2.53. The van der Waals surface area contributed by atoms with Gasteiger partial charge in [-0.05, 0) is 44.2 Å². The van der Waals surface area contributed by atoms with Crippen LogP contribution in [0.25, 0.3) is 0 Å². The Morgan fingerprint density at radius 1 is 1.24 bits per heavy atom. The van der Waals surface area contributed by atoms with Crippen LogP contribution in [0.2, 0.25) is 5.02 Å². The van der Waals surface area contributed by atoms with Crippen molar-refractivity contribution in [3.05, 3.63) is 63.2 Å². The van der Waals surface area contributed by atoms with Crippen molar-refractivity contribution in [2.45, 2.75) is 24.8 Å². The first-order valence-electron chi connectivity index (χ1n) is 10.3. The van der Waals surface area contributed by atoms with Crippen molar-refractivity contribution in [2.75, 3.05) is 36.9 Å². The predicted octanol–water partition coefficient (Wildman–Crippen LogP) is 3.27. The van der Waals surface area contributed by atoms with E-state index in [2.05, 4.69) is 4.90 Å². The van der Waals surface area contributed by atoms with Crippen LogP contribution in [0.4, 0.5) is 11.4 Å². The van der Waals surface area contributed by atoms with Gasteiger partial charge in [-0.15, -0.1) is 0 Å². The third kappa shape index (κ3) is 5.88. The Hall–Kier alpha value is -2.98. The van der Waals surface area contributed by atoms with Crippen LogP contribution in [0.5, 0.6) is 0 Å². The topological polar surface area (TPSA) is 110 Å². The molecule has 0 spiro atoms. The Labute approximate surface area is 198 Å². The van der Waals surface area contributed by atoms with Gasteiger partial charge in [-0.25, -0.2) is 0 Å². The summed E-state index contributed by atoms with van der Waals surface area (Å²) >= 11 is 6.10. The SMILES string of the molecule is CCOC(=O)CS(=O)c1ccc(C(=O)N2CCN(c3cccc(Cl)c3)[C@@H](C)C2)cc1[N+](=O)[O-]. The molecule has 1 unspecified atom stereocenters. The van der Waals surface area contributed by atoms with E-state index in [0.29, 0.717) is 24.7 Å². The van der Waals surface area contributed by atoms with Crippen molar-refractivity contribution in [2.24, 2.45) is 0 Å². The van der Waals surface area contributed by atoms with E-state index in [1.807, 2.05) is 25.1 Å². The van der Waals surface area contributed by atoms with Gasteiger partial charge in [0, 0.05) is 48.0 Å². The van der Waals surface area contributed by atoms with Crippen LogP contribution >= 0.6 is 11.6 Å². The quantitative estimate of drug-likeness (QED) is 0.330. The van der Waals surface area contributed by atoms with Gasteiger partial charge in [-0.2, -0.15) is 0 Å². The fraction of sp³-hybridized carbons (Fsp3) is 0.364. The number of benzene rings is 2. The standard InChI is InChI=1S/C22H24ClN3O6S/c1-3-32-21(27)14-33(31)20-8-7-16(11-19(20)26(29)30)22(28)24-9-10-25(15(2)13-24)18-6-4-5-17(23)12-18/h4-8,11-12,15H,3,9-10,13-14H2,1-2H3/t15-,33?/m0/s1. The van der Waals surface area contributed by atoms with E-state index in [1.54, 1.807) is 17.9 Å². The number of carbonyl (C=O) groups is 2. The summed E-state index contributed by atoms with van der Waals surface area (Å²) in [5.41, 5.74) is 0.627. The van der Waals surface area contributed by atoms with Gasteiger partial charge in [0.25, 0.3) is 11.6 Å². The lowest BCUT2D eigenvalue weighted by molar-refractivity contribution is -0.387. The molecule has 0 bridgehead atoms. The second kappa shape index (κ2) is 10.8. The van der Waals surface area contributed by atoms with E-state index in [1.165, 1.54) is 12.1 Å². The molecule has 1 amide bonds. The lowest BCUT2D eigenvalue weighted by Gasteiger charge is -2.41. The molecule has 3 rings (SSSR count). The van der Waals surface area contributed by atoms with Crippen LogP contribution in [0.15, 0.2) is 47.4 Å². The first kappa shape index (κ1) is 24.7. The number of nitrogens with zero attached hydrogens (tertiary/aromatic N) is 3. The highest BCUT2D eigenvalue weighted by Crippen LogP contribution is 2.27. The summed E-state index contributed by atoms with van der Waals surface area (Å²) in [6, 6.07) is 11.3. The fourth-order valence-corrected chi connectivity index (χ4v) is 4.96. The first-order chi connectivity index (χ1) is 15.7. The van der Waals surface area contributed by atoms with Gasteiger partial charge in [0.15, 0.2) is 0 Å². The van der Waals surface area contributed by atoms with Gasteiger partial charge < -0.3 is 14.5 Å². The summed E-state index contributed by atoms with van der Waals surface area (Å²) in [6.45, 7) is 5.16. The maximum atomic E-state index is 13.1. The first-order valence-corrected chi connectivity index (χ1v) is 12.0. The summed E-state index contributed by atoms with van der Waals surface area (Å²) in [5, 5.41) is 12.2. The predicted molar refractivity (Wildman–Crippen MR) is 125 cm³/mol. The van der Waals surface area contributed by atoms with Gasteiger partial charge in [-0.1, -0.05) is 17.7 Å². The molecule has 1 aliphatic rings. The Morgan fingerprint density at radius 2 is 2.00 bits per heavy atom. The van der Waals surface area contributed by atoms with Gasteiger partial charge in [0.2, 0.25) is 0 Å². The highest BCUT2D eigenvalue weighted by atomic mass is 35.5. The molecule has 9 nitrogen and oxygen atoms in total. The lowest BCUT2D eigenvalue weighted by atomic mass is 10.1. The van der Waals surface area contributed by atoms with Crippen molar-refractivity contribution < 1.29 is 23.5 Å². The minimum absolute atomic E-state index is 0.00695. The van der Waals surface area contributed by atoms with Crippen LogP contribution in [-0.2, 0) is 20.3 Å². The molecule has 0 saturated carbocycles. The normalized spacial score (nSPS) is 16.9. The molecule has 1 saturated heterocycles. The molecule has 0 radical (unpaired) electrons. The maximum absolute atomic E-state index is 13.1. The largest absolute Gasteiger partial charge is 0.465 e. The molecule has 1 heterocycles. The molecule has 1 fully saturated rings. The van der Waals surface area contributed by atoms with Crippen molar-refractivity contribution in [3.8, 4) is 0 Å². The molecule has 2 aromatic rings. The number of esters is 1. The van der Waals surface area contributed by atoms with Crippen molar-refractivity contribution >= 4 is 45.7 Å². The molecule has 2 aromatic carbocycles. The molecule has 1 aliphatic heterocycles. The Bertz CT molecular complexity index is 1100. The highest BCUT2D eigenvalue weighted by Gasteiger charge is 2.30. The molecule has 0 aliphatic carbocycles. The van der Waals surface area contributed by atoms with Crippen LogP contribution in [0, 0.1) is 10.1 Å². The highest BCUT2D eigenvalue weighted by molar-refractivity contribution is 7.85. The summed E-state index contributed by atoms with van der Waals surface area (Å²) in [5.74, 6) is -1.56. The monoisotopic (exact) mass is 493 g/mol. The van der Waals surface area contributed by atoms with E-state index in [-0.39, 0.29) is 29.0 Å². The molecule has 33 heavy (non-hydrogen) atoms. The van der Waals surface area contributed by atoms with E-state index in [4.69, 9.17) is 16.3 Å². The van der Waals surface area contributed by atoms with Gasteiger partial charge in [0.05, 0.1) is 22.3 Å². The zero-order valence-electron chi connectivity index (χ0n) is 18.2. The van der Waals surface area contributed by atoms with E-state index < -0.39 is 33.1 Å². The van der Waals surface area contributed by atoms with Gasteiger partial charge in [-0.3, -0.25) is 23.9 Å². The van der Waals surface area contributed by atoms with E-state index in [0.717, 1.165) is 11.8 Å². The van der Waals surface area contributed by atoms with Crippen LogP contribution in [0.3, 0.4) is 0 Å². The van der Waals surface area contributed by atoms with Crippen LogP contribution in [-0.4, -0.2) is 63.9 Å². The fourth-order valence-electron chi connectivity index (χ4n) is 3.74. The number of halogens is 1. The minimum Gasteiger partial charge on any atom is -0.465 e. The van der Waals surface area contributed by atoms with Crippen molar-refractivity contribution in [1.82, 2.24) is 4.90 Å². The summed E-state index contributed by atoms with van der Waals surface area (Å²) < 4.78 is 17.2. The van der Waals surface area contributed by atoms with Gasteiger partial charge in [0.1, 0.15) is 10.6 Å². The number of anilines is 1. The second-order valence-electron chi connectivity index (χ2n) is 7.51. The van der Waals surface area contributed by atoms with Crippen molar-refractivity contribution in [3.63, 3.8) is 0 Å². The smallest absolute Gasteiger partial charge is 0.318 e.